The molecule has 0 atom stereocenters. The second-order valence-corrected chi connectivity index (χ2v) is 28.1. The van der Waals surface area contributed by atoms with Crippen molar-refractivity contribution in [2.75, 3.05) is 39.8 Å². The molecule has 0 aliphatic heterocycles. The summed E-state index contributed by atoms with van der Waals surface area (Å²) in [7, 11) is 0. The highest BCUT2D eigenvalue weighted by Gasteiger charge is 2.18. The molecular weight excluding hydrogens is 1420 g/mol. The number of carbonyl (C=O) groups is 7. The Bertz CT molecular complexity index is 4760. The Kier molecular flexibility index (Phi) is 29.4. The highest BCUT2D eigenvalue weighted by atomic mass is 32.1. The first kappa shape index (κ1) is 78.1. The lowest BCUT2D eigenvalue weighted by molar-refractivity contribution is -0.137. The molecule has 0 aliphatic carbocycles. The molecule has 0 radical (unpaired) electrons. The van der Waals surface area contributed by atoms with Gasteiger partial charge in [-0.05, 0) is 108 Å². The van der Waals surface area contributed by atoms with Crippen LogP contribution in [0.2, 0.25) is 0 Å². The van der Waals surface area contributed by atoms with Gasteiger partial charge in [-0.25, -0.2) is 49.1 Å². The minimum absolute atomic E-state index is 0.210. The number of hydrogen-bond donors (Lipinski definition) is 8. The van der Waals surface area contributed by atoms with Gasteiger partial charge in [0.25, 0.3) is 0 Å². The maximum absolute atomic E-state index is 12.3. The molecule has 0 saturated heterocycles. The fraction of sp³-hybridized carbons (Fsp3) is 0.203. The van der Waals surface area contributed by atoms with Crippen LogP contribution in [0.5, 0.6) is 0 Å². The number of nitrogens with two attached hydrogens (primary N) is 3. The number of nitrogens with one attached hydrogen (secondary N) is 3. The van der Waals surface area contributed by atoms with Gasteiger partial charge in [0.05, 0.1) is 63.2 Å². The molecule has 0 unspecified atom stereocenters. The first-order chi connectivity index (χ1) is 48.8. The summed E-state index contributed by atoms with van der Waals surface area (Å²) in [4.78, 5) is 112. The van der Waals surface area contributed by atoms with E-state index in [4.69, 9.17) is 36.9 Å². The minimum Gasteiger partial charge on any atom is -0.478 e. The van der Waals surface area contributed by atoms with Gasteiger partial charge in [-0.15, -0.1) is 0 Å². The van der Waals surface area contributed by atoms with Crippen LogP contribution >= 0.6 is 68.0 Å². The molecule has 0 fully saturated rings. The number of ether oxygens (including phenoxy) is 2. The van der Waals surface area contributed by atoms with Crippen LogP contribution in [-0.4, -0.2) is 112 Å². The van der Waals surface area contributed by atoms with Crippen molar-refractivity contribution < 1.29 is 53.2 Å². The number of aldehydes is 1. The number of nitrogens with zero attached hydrogens (tertiary/aromatic N) is 10. The first-order valence-electron chi connectivity index (χ1n) is 31.2. The Morgan fingerprint density at radius 3 is 1.15 bits per heavy atom. The summed E-state index contributed by atoms with van der Waals surface area (Å²) in [6.07, 6.45) is 37.3. The summed E-state index contributed by atoms with van der Waals surface area (Å²) in [6.45, 7) is 15.8. The number of benzene rings is 2. The van der Waals surface area contributed by atoms with Crippen molar-refractivity contribution in [3.8, 4) is 0 Å². The predicted octanol–water partition coefficient (Wildman–Crippen LogP) is 14.1. The van der Waals surface area contributed by atoms with Crippen molar-refractivity contribution in [2.24, 2.45) is 0 Å². The third-order valence-electron chi connectivity index (χ3n) is 12.8. The largest absolute Gasteiger partial charge is 0.478 e. The smallest absolute Gasteiger partial charge is 0.412 e. The second kappa shape index (κ2) is 38.4. The van der Waals surface area contributed by atoms with Crippen molar-refractivity contribution in [2.45, 2.75) is 86.7 Å². The van der Waals surface area contributed by atoms with Crippen molar-refractivity contribution in [3.63, 3.8) is 0 Å². The van der Waals surface area contributed by atoms with Crippen LogP contribution in [0.1, 0.15) is 112 Å². The zero-order chi connectivity index (χ0) is 73.9. The number of esters is 1. The van der Waals surface area contributed by atoms with Crippen LogP contribution in [0.15, 0.2) is 141 Å². The number of carbonyl (C=O) groups excluding carboxylic acids is 5. The number of imidazole rings is 4. The lowest BCUT2D eigenvalue weighted by atomic mass is 10.2. The molecule has 10 heterocycles. The van der Waals surface area contributed by atoms with E-state index in [0.717, 1.165) is 111 Å². The number of anilines is 6. The van der Waals surface area contributed by atoms with Crippen LogP contribution in [0.4, 0.5) is 37.8 Å². The highest BCUT2D eigenvalue weighted by molar-refractivity contribution is 7.19. The zero-order valence-corrected chi connectivity index (χ0v) is 61.4. The number of carboxylic acids is 2. The van der Waals surface area contributed by atoms with E-state index < -0.39 is 23.6 Å². The SMILES string of the molecule is CCOC(=O)/C=C/c1cnc(N)s1.CCc1cn2cc(/C=C/C(=O)Nc3ccccc3N)sc2n1.CCc1cn2cc(/C=C/C(=O)Nc3ccccc3NC(=O)OC(C)(C)C)sc2n1.CCc1cn2cc(/C=C/C(=O)O)sc2n1.CCc1cn2cc(/C=C/C(=O)O)sc2n1.Nc1ncc(C=O)s1. The molecule has 0 saturated carbocycles. The molecular formula is C69H74N16O11S6. The Labute approximate surface area is 609 Å². The van der Waals surface area contributed by atoms with Crippen molar-refractivity contribution in [1.82, 2.24) is 47.5 Å². The monoisotopic (exact) mass is 1490 g/mol. The lowest BCUT2D eigenvalue weighted by Crippen LogP contribution is -2.27. The third-order valence-corrected chi connectivity index (χ3v) is 18.2. The van der Waals surface area contributed by atoms with Gasteiger partial charge in [-0.3, -0.25) is 37.3 Å². The fourth-order valence-electron chi connectivity index (χ4n) is 8.21. The first-order valence-corrected chi connectivity index (χ1v) is 36.1. The molecule has 102 heavy (non-hydrogen) atoms. The minimum atomic E-state index is -0.935. The van der Waals surface area contributed by atoms with Crippen molar-refractivity contribution >= 4 is 193 Å². The number of nitrogen functional groups attached to an aromatic ring is 3. The number of aliphatic carboxylic acids is 2. The molecule has 27 nitrogen and oxygen atoms in total. The van der Waals surface area contributed by atoms with Gasteiger partial charge in [0.1, 0.15) is 5.60 Å². The maximum Gasteiger partial charge on any atom is 0.412 e. The van der Waals surface area contributed by atoms with E-state index in [1.54, 1.807) is 112 Å². The summed E-state index contributed by atoms with van der Waals surface area (Å²) >= 11 is 8.52. The van der Waals surface area contributed by atoms with Gasteiger partial charge < -0.3 is 47.5 Å². The normalized spacial score (nSPS) is 11.2. The lowest BCUT2D eigenvalue weighted by Gasteiger charge is -2.20. The van der Waals surface area contributed by atoms with E-state index in [2.05, 4.69) is 73.5 Å². The molecule has 0 spiro atoms. The van der Waals surface area contributed by atoms with Gasteiger partial charge >= 0.3 is 24.0 Å². The summed E-state index contributed by atoms with van der Waals surface area (Å²) in [5.41, 5.74) is 22.1. The van der Waals surface area contributed by atoms with Gasteiger partial charge in [0, 0.05) is 111 Å². The molecule has 0 bridgehead atoms. The topological polar surface area (TPSA) is 388 Å². The van der Waals surface area contributed by atoms with E-state index in [9.17, 15) is 33.6 Å². The summed E-state index contributed by atoms with van der Waals surface area (Å²) in [5.74, 6) is -2.73. The molecule has 3 amide bonds. The Balaban J connectivity index is 0.000000179. The molecule has 0 aliphatic rings. The standard InChI is InChI=1S/C21H24N4O3S.C16H16N4OS.2C10H10N2O2S.C8H10N2O2S.C4H4N2OS/c1-5-14-12-25-13-15(29-19(25)22-14)10-11-18(26)23-16-8-6-7-9-17(16)24-20(27)28-21(2,3)4;1-2-11-9-20-10-12(22-16(20)18-11)7-8-15(21)19-14-6-4-3-5-13(14)17;2*1-2-7-5-12-6-8(3-4-9(13)14)15-10(12)11-7;1-2-12-7(11)4-3-6-5-10-8(9)13-6;5-4-6-1-3(2-7)8-4/h6-13H,5H2,1-4H3,(H,23,26)(H,24,27);3-10H,2,17H2,1H3,(H,19,21);2*3-6H,2H2,1H3,(H,13,14);3-5H,2H2,1H3,(H2,9,10);1-2H,(H2,5,6)/b11-10+;8-7+;3*4-3+;. The van der Waals surface area contributed by atoms with Gasteiger partial charge in [0.2, 0.25) is 11.8 Å². The molecule has 11 N–H and O–H groups in total. The molecule has 33 heteroatoms. The quantitative estimate of drug-likeness (QED) is 0.0161. The number of aryl methyl sites for hydroxylation is 4. The average Bonchev–Trinajstić information content (AvgIpc) is 1.69. The number of rotatable bonds is 19. The molecule has 10 aromatic heterocycles. The molecule has 12 aromatic rings. The number of fused-ring (bicyclic) bond motifs is 4. The zero-order valence-electron chi connectivity index (χ0n) is 56.5. The van der Waals surface area contributed by atoms with Crippen LogP contribution in [0.3, 0.4) is 0 Å². The Morgan fingerprint density at radius 1 is 0.471 bits per heavy atom. The Hall–Kier alpha value is -11.2. The number of thiazole rings is 6. The molecule has 12 rings (SSSR count). The van der Waals surface area contributed by atoms with E-state index in [1.165, 1.54) is 81.1 Å². The third kappa shape index (κ3) is 25.5. The van der Waals surface area contributed by atoms with E-state index >= 15 is 0 Å². The van der Waals surface area contributed by atoms with E-state index in [1.807, 2.05) is 79.3 Å². The van der Waals surface area contributed by atoms with Crippen LogP contribution in [0.25, 0.3) is 50.2 Å². The van der Waals surface area contributed by atoms with Crippen molar-refractivity contribution in [1.29, 1.82) is 0 Å². The van der Waals surface area contributed by atoms with Gasteiger partial charge in [0.15, 0.2) is 36.4 Å². The number of amides is 3. The number of para-hydroxylation sites is 4. The number of aromatic nitrogens is 10. The molecule has 2 aromatic carbocycles. The summed E-state index contributed by atoms with van der Waals surface area (Å²) < 4.78 is 17.7. The summed E-state index contributed by atoms with van der Waals surface area (Å²) in [5, 5.41) is 26.1. The maximum atomic E-state index is 12.3. The van der Waals surface area contributed by atoms with Gasteiger partial charge in [-0.2, -0.15) is 0 Å². The Morgan fingerprint density at radius 2 is 0.824 bits per heavy atom. The predicted molar refractivity (Wildman–Crippen MR) is 410 cm³/mol. The number of carboxylic acid groups (broad SMARTS) is 2. The van der Waals surface area contributed by atoms with Gasteiger partial charge in [-0.1, -0.05) is 120 Å². The van der Waals surface area contributed by atoms with Crippen molar-refractivity contribution in [3.05, 3.63) is 193 Å². The second-order valence-electron chi connectivity index (χ2n) is 21.8. The molecule has 532 valence electrons. The van der Waals surface area contributed by atoms with E-state index in [-0.39, 0.29) is 17.8 Å². The van der Waals surface area contributed by atoms with Crippen LogP contribution < -0.4 is 33.2 Å². The summed E-state index contributed by atoms with van der Waals surface area (Å²) in [6, 6.07) is 14.1. The van der Waals surface area contributed by atoms with E-state index in [0.29, 0.717) is 44.5 Å². The van der Waals surface area contributed by atoms with Crippen LogP contribution in [-0.2, 0) is 59.1 Å². The average molecular weight is 1500 g/mol. The number of hydrogen-bond acceptors (Lipinski definition) is 24. The fourth-order valence-corrected chi connectivity index (χ4v) is 12.8. The highest BCUT2D eigenvalue weighted by Crippen LogP contribution is 2.26. The van der Waals surface area contributed by atoms with Crippen LogP contribution in [0, 0.1) is 0 Å².